The molecule has 0 aliphatic rings. The van der Waals surface area contributed by atoms with E-state index in [9.17, 15) is 0 Å². The van der Waals surface area contributed by atoms with Gasteiger partial charge in [-0.25, -0.2) is 0 Å². The predicted octanol–water partition coefficient (Wildman–Crippen LogP) is 11.1. The zero-order chi connectivity index (χ0) is 28.6. The summed E-state index contributed by atoms with van der Waals surface area (Å²) in [7, 11) is 0. The third kappa shape index (κ3) is 4.70. The van der Waals surface area contributed by atoms with E-state index in [-0.39, 0.29) is 0 Å². The van der Waals surface area contributed by atoms with E-state index < -0.39 is 0 Å². The van der Waals surface area contributed by atoms with E-state index in [0.29, 0.717) is 14.5 Å². The Hall–Kier alpha value is -5.08. The average molecular weight is 616 g/mol. The molecule has 0 aliphatic carbocycles. The Labute approximate surface area is 257 Å². The van der Waals surface area contributed by atoms with Crippen LogP contribution in [0.3, 0.4) is 0 Å². The number of fused-ring (bicyclic) bond motifs is 5. The molecule has 2 nitrogen and oxygen atoms in total. The first-order chi connectivity index (χ1) is 21.3. The van der Waals surface area contributed by atoms with Gasteiger partial charge in [-0.05, 0) is 0 Å². The van der Waals surface area contributed by atoms with E-state index in [1.165, 1.54) is 30.1 Å². The number of para-hydroxylation sites is 3. The fourth-order valence-corrected chi connectivity index (χ4v) is 8.58. The van der Waals surface area contributed by atoms with Gasteiger partial charge in [-0.1, -0.05) is 36.4 Å². The van der Waals surface area contributed by atoms with Crippen molar-refractivity contribution in [3.05, 3.63) is 170 Å². The first-order valence-electron chi connectivity index (χ1n) is 14.5. The normalized spacial score (nSPS) is 11.3. The van der Waals surface area contributed by atoms with Crippen LogP contribution in [0.5, 0.6) is 0 Å². The molecule has 8 aromatic rings. The van der Waals surface area contributed by atoms with Gasteiger partial charge in [-0.15, -0.1) is 0 Å². The summed E-state index contributed by atoms with van der Waals surface area (Å²) >= 11 is 0.293. The van der Waals surface area contributed by atoms with Gasteiger partial charge in [0.2, 0.25) is 0 Å². The standard InChI is InChI=1S/C40H28N2Se/c1-4-12-30(13-5-1)41(31-14-6-2-7-15-31)33-23-25-34(26-24-33)42(32-16-8-3-9-17-32)35-22-20-29-21-27-37-36-18-10-11-19-39(36)43-40(37)38(29)28-35/h1-28H. The molecule has 1 aromatic heterocycles. The van der Waals surface area contributed by atoms with Gasteiger partial charge in [-0.3, -0.25) is 0 Å². The van der Waals surface area contributed by atoms with E-state index in [2.05, 4.69) is 180 Å². The quantitative estimate of drug-likeness (QED) is 0.172. The van der Waals surface area contributed by atoms with Crippen LogP contribution < -0.4 is 9.80 Å². The second-order valence-corrected chi connectivity index (χ2v) is 12.8. The maximum atomic E-state index is 2.39. The zero-order valence-corrected chi connectivity index (χ0v) is 25.2. The summed E-state index contributed by atoms with van der Waals surface area (Å²) in [6.07, 6.45) is 0. The Morgan fingerprint density at radius 3 is 1.35 bits per heavy atom. The minimum absolute atomic E-state index is 0.293. The molecule has 1 heterocycles. The molecule has 0 atom stereocenters. The summed E-state index contributed by atoms with van der Waals surface area (Å²) in [5.74, 6) is 0. The van der Waals surface area contributed by atoms with Crippen LogP contribution >= 0.6 is 0 Å². The van der Waals surface area contributed by atoms with Crippen molar-refractivity contribution >= 4 is 78.7 Å². The summed E-state index contributed by atoms with van der Waals surface area (Å²) in [4.78, 5) is 4.67. The predicted molar refractivity (Wildman–Crippen MR) is 185 cm³/mol. The molecule has 0 bridgehead atoms. The van der Waals surface area contributed by atoms with Crippen LogP contribution in [0.25, 0.3) is 30.1 Å². The summed E-state index contributed by atoms with van der Waals surface area (Å²) in [5.41, 5.74) is 6.80. The van der Waals surface area contributed by atoms with Crippen LogP contribution in [0.15, 0.2) is 170 Å². The van der Waals surface area contributed by atoms with Crippen molar-refractivity contribution in [3.8, 4) is 0 Å². The minimum atomic E-state index is 0.293. The molecule has 204 valence electrons. The van der Waals surface area contributed by atoms with E-state index in [4.69, 9.17) is 0 Å². The molecule has 0 spiro atoms. The van der Waals surface area contributed by atoms with Gasteiger partial charge in [0, 0.05) is 0 Å². The molecule has 3 heteroatoms. The Balaban J connectivity index is 1.26. The molecule has 0 saturated heterocycles. The van der Waals surface area contributed by atoms with Crippen LogP contribution in [0.4, 0.5) is 34.1 Å². The van der Waals surface area contributed by atoms with Crippen LogP contribution in [0, 0.1) is 0 Å². The van der Waals surface area contributed by atoms with Gasteiger partial charge in [-0.2, -0.15) is 0 Å². The van der Waals surface area contributed by atoms with E-state index in [1.807, 2.05) is 0 Å². The van der Waals surface area contributed by atoms with Crippen LogP contribution in [0.2, 0.25) is 0 Å². The zero-order valence-electron chi connectivity index (χ0n) is 23.5. The third-order valence-corrected chi connectivity index (χ3v) is 10.6. The van der Waals surface area contributed by atoms with Crippen molar-refractivity contribution in [2.24, 2.45) is 0 Å². The molecule has 43 heavy (non-hydrogen) atoms. The average Bonchev–Trinajstić information content (AvgIpc) is 3.47. The van der Waals surface area contributed by atoms with Crippen molar-refractivity contribution in [2.45, 2.75) is 0 Å². The summed E-state index contributed by atoms with van der Waals surface area (Å²) in [6.45, 7) is 0. The van der Waals surface area contributed by atoms with Crippen LogP contribution in [-0.2, 0) is 0 Å². The number of nitrogens with zero attached hydrogens (tertiary/aromatic N) is 2. The molecule has 7 aromatic carbocycles. The maximum absolute atomic E-state index is 2.39. The molecule has 0 unspecified atom stereocenters. The number of rotatable bonds is 6. The molecule has 8 rings (SSSR count). The van der Waals surface area contributed by atoms with Gasteiger partial charge >= 0.3 is 222 Å². The van der Waals surface area contributed by atoms with Gasteiger partial charge in [0.1, 0.15) is 0 Å². The van der Waals surface area contributed by atoms with Gasteiger partial charge in [0.25, 0.3) is 0 Å². The first-order valence-corrected chi connectivity index (χ1v) is 16.2. The second kappa shape index (κ2) is 11.0. The summed E-state index contributed by atoms with van der Waals surface area (Å²) < 4.78 is 2.96. The monoisotopic (exact) mass is 616 g/mol. The van der Waals surface area contributed by atoms with Crippen LogP contribution in [0.1, 0.15) is 0 Å². The topological polar surface area (TPSA) is 6.48 Å². The Bertz CT molecular complexity index is 2130. The molecule has 0 aliphatic heterocycles. The number of anilines is 6. The number of hydrogen-bond acceptors (Lipinski definition) is 2. The second-order valence-electron chi connectivity index (χ2n) is 10.6. The Kier molecular flexibility index (Phi) is 6.53. The molecule has 0 radical (unpaired) electrons. The van der Waals surface area contributed by atoms with Crippen molar-refractivity contribution in [1.82, 2.24) is 0 Å². The van der Waals surface area contributed by atoms with Crippen molar-refractivity contribution in [2.75, 3.05) is 9.80 Å². The molecular weight excluding hydrogens is 587 g/mol. The SMILES string of the molecule is c1ccc(N(c2ccccc2)c2ccc(N(c3ccccc3)c3ccc4ccc5c6ccccc6[se]c5c4c3)cc2)cc1. The van der Waals surface area contributed by atoms with Gasteiger partial charge < -0.3 is 0 Å². The molecule has 0 saturated carbocycles. The molecular formula is C40H28N2Se. The number of hydrogen-bond donors (Lipinski definition) is 0. The van der Waals surface area contributed by atoms with Crippen molar-refractivity contribution in [3.63, 3.8) is 0 Å². The van der Waals surface area contributed by atoms with Gasteiger partial charge in [0.15, 0.2) is 0 Å². The Morgan fingerprint density at radius 1 is 0.326 bits per heavy atom. The fraction of sp³-hybridized carbons (Fsp3) is 0. The number of benzene rings is 7. The molecule has 0 fully saturated rings. The van der Waals surface area contributed by atoms with Crippen molar-refractivity contribution in [1.29, 1.82) is 0 Å². The van der Waals surface area contributed by atoms with E-state index >= 15 is 0 Å². The summed E-state index contributed by atoms with van der Waals surface area (Å²) in [6, 6.07) is 61.1. The van der Waals surface area contributed by atoms with Gasteiger partial charge in [0.05, 0.1) is 0 Å². The van der Waals surface area contributed by atoms with Crippen LogP contribution in [-0.4, -0.2) is 14.5 Å². The minimum Gasteiger partial charge on any atom is -0.0602 e. The fourth-order valence-electron chi connectivity index (χ4n) is 6.01. The van der Waals surface area contributed by atoms with E-state index in [1.54, 1.807) is 0 Å². The third-order valence-electron chi connectivity index (χ3n) is 8.01. The smallest absolute Gasteiger partial charge is 0.0602 e. The van der Waals surface area contributed by atoms with E-state index in [0.717, 1.165) is 34.1 Å². The summed E-state index contributed by atoms with van der Waals surface area (Å²) in [5, 5.41) is 5.42. The van der Waals surface area contributed by atoms with Crippen molar-refractivity contribution < 1.29 is 0 Å². The molecule has 0 N–H and O–H groups in total. The molecule has 0 amide bonds. The first kappa shape index (κ1) is 25.6. The Morgan fingerprint density at radius 2 is 0.767 bits per heavy atom.